The van der Waals surface area contributed by atoms with Crippen LogP contribution >= 0.6 is 0 Å². The molecule has 0 saturated carbocycles. The third kappa shape index (κ3) is 6.04. The molecule has 62 heavy (non-hydrogen) atoms. The maximum absolute atomic E-state index is 6.79. The number of benzene rings is 11. The minimum Gasteiger partial charge on any atom is -0.455 e. The van der Waals surface area contributed by atoms with Gasteiger partial charge in [0.25, 0.3) is 0 Å². The molecule has 0 amide bonds. The molecule has 11 aromatic carbocycles. The first-order valence-electron chi connectivity index (χ1n) is 21.2. The average molecular weight is 790 g/mol. The lowest BCUT2D eigenvalue weighted by atomic mass is 9.94. The Kier molecular flexibility index (Phi) is 8.53. The number of hydrogen-bond acceptors (Lipinski definition) is 2. The van der Waals surface area contributed by atoms with Crippen LogP contribution in [-0.4, -0.2) is 0 Å². The van der Waals surface area contributed by atoms with E-state index in [-0.39, 0.29) is 0 Å². The van der Waals surface area contributed by atoms with Crippen molar-refractivity contribution in [2.75, 3.05) is 4.90 Å². The smallest absolute Gasteiger partial charge is 0.143 e. The highest BCUT2D eigenvalue weighted by atomic mass is 16.3. The zero-order chi connectivity index (χ0) is 41.0. The van der Waals surface area contributed by atoms with Gasteiger partial charge in [0.2, 0.25) is 0 Å². The van der Waals surface area contributed by atoms with Gasteiger partial charge >= 0.3 is 0 Å². The molecule has 0 aliphatic rings. The van der Waals surface area contributed by atoms with Gasteiger partial charge in [-0.3, -0.25) is 0 Å². The molecule has 0 aliphatic heterocycles. The van der Waals surface area contributed by atoms with Gasteiger partial charge in [0, 0.05) is 39.0 Å². The number of para-hydroxylation sites is 2. The van der Waals surface area contributed by atoms with Crippen LogP contribution in [0.3, 0.4) is 0 Å². The van der Waals surface area contributed by atoms with Gasteiger partial charge in [-0.25, -0.2) is 0 Å². The minimum absolute atomic E-state index is 0.906. The maximum atomic E-state index is 6.79. The van der Waals surface area contributed by atoms with E-state index >= 15 is 0 Å². The Morgan fingerprint density at radius 3 is 1.19 bits per heavy atom. The van der Waals surface area contributed by atoms with Crippen molar-refractivity contribution < 1.29 is 4.42 Å². The molecule has 0 radical (unpaired) electrons. The van der Waals surface area contributed by atoms with Gasteiger partial charge in [-0.15, -0.1) is 0 Å². The highest BCUT2D eigenvalue weighted by molar-refractivity contribution is 6.26. The molecule has 0 fully saturated rings. The van der Waals surface area contributed by atoms with Crippen LogP contribution in [0.15, 0.2) is 241 Å². The van der Waals surface area contributed by atoms with E-state index < -0.39 is 0 Å². The Morgan fingerprint density at radius 1 is 0.226 bits per heavy atom. The average Bonchev–Trinajstić information content (AvgIpc) is 3.75. The predicted molar refractivity (Wildman–Crippen MR) is 263 cm³/mol. The Bertz CT molecular complexity index is 3570. The van der Waals surface area contributed by atoms with E-state index in [4.69, 9.17) is 4.42 Å². The van der Waals surface area contributed by atoms with Gasteiger partial charge in [0.15, 0.2) is 0 Å². The van der Waals surface area contributed by atoms with Crippen LogP contribution in [0.25, 0.3) is 98.8 Å². The van der Waals surface area contributed by atoms with Gasteiger partial charge in [-0.2, -0.15) is 0 Å². The summed E-state index contributed by atoms with van der Waals surface area (Å²) < 4.78 is 6.79. The molecule has 0 atom stereocenters. The van der Waals surface area contributed by atoms with E-state index in [1.807, 2.05) is 0 Å². The van der Waals surface area contributed by atoms with Crippen LogP contribution in [-0.2, 0) is 0 Å². The highest BCUT2D eigenvalue weighted by Crippen LogP contribution is 2.43. The Labute approximate surface area is 360 Å². The normalized spacial score (nSPS) is 11.5. The van der Waals surface area contributed by atoms with Crippen molar-refractivity contribution in [3.8, 4) is 44.5 Å². The standard InChI is InChI=1S/C60H39NO/c1-3-14-40(15-4-1)41-28-32-46(33-29-41)61(48-36-37-55-53-22-8-7-20-51(53)52-21-9-10-23-54(52)58(55)39-48)47-34-30-42(31-35-47)44-18-11-19-45(38-44)50-25-13-27-57-56-26-12-24-49(59(56)62-60(50)57)43-16-5-2-6-17-43/h1-39H. The molecule has 2 heteroatoms. The largest absolute Gasteiger partial charge is 0.455 e. The maximum Gasteiger partial charge on any atom is 0.143 e. The molecule has 1 heterocycles. The summed E-state index contributed by atoms with van der Waals surface area (Å²) in [7, 11) is 0. The van der Waals surface area contributed by atoms with Crippen molar-refractivity contribution in [3.05, 3.63) is 237 Å². The van der Waals surface area contributed by atoms with Crippen molar-refractivity contribution in [2.45, 2.75) is 0 Å². The van der Waals surface area contributed by atoms with Crippen molar-refractivity contribution in [1.29, 1.82) is 0 Å². The van der Waals surface area contributed by atoms with Gasteiger partial charge in [-0.05, 0) is 108 Å². The summed E-state index contributed by atoms with van der Waals surface area (Å²) >= 11 is 0. The van der Waals surface area contributed by atoms with E-state index in [0.29, 0.717) is 0 Å². The second-order valence-corrected chi connectivity index (χ2v) is 16.0. The summed E-state index contributed by atoms with van der Waals surface area (Å²) in [5.74, 6) is 0. The molecular weight excluding hydrogens is 751 g/mol. The van der Waals surface area contributed by atoms with E-state index in [1.165, 1.54) is 43.4 Å². The van der Waals surface area contributed by atoms with Crippen molar-refractivity contribution in [3.63, 3.8) is 0 Å². The lowest BCUT2D eigenvalue weighted by Gasteiger charge is -2.26. The fourth-order valence-corrected chi connectivity index (χ4v) is 9.48. The number of anilines is 3. The fourth-order valence-electron chi connectivity index (χ4n) is 9.48. The quantitative estimate of drug-likeness (QED) is 0.150. The number of nitrogens with zero attached hydrogens (tertiary/aromatic N) is 1. The highest BCUT2D eigenvalue weighted by Gasteiger charge is 2.18. The Morgan fingerprint density at radius 2 is 0.613 bits per heavy atom. The summed E-state index contributed by atoms with van der Waals surface area (Å²) in [6, 6.07) is 85.3. The Hall–Kier alpha value is -8.20. The molecule has 0 N–H and O–H groups in total. The molecule has 0 saturated heterocycles. The van der Waals surface area contributed by atoms with Crippen LogP contribution < -0.4 is 4.90 Å². The van der Waals surface area contributed by atoms with Crippen molar-refractivity contribution >= 4 is 71.3 Å². The SMILES string of the molecule is c1ccc(-c2ccc(N(c3ccc(-c4cccc(-c5cccc6c5oc5c(-c7ccccc7)cccc56)c4)cc3)c3ccc4c5ccccc5c5ccccc5c4c3)cc2)cc1. The molecule has 0 spiro atoms. The van der Waals surface area contributed by atoms with Crippen LogP contribution in [0, 0.1) is 0 Å². The first-order valence-corrected chi connectivity index (χ1v) is 21.2. The lowest BCUT2D eigenvalue weighted by molar-refractivity contribution is 0.671. The van der Waals surface area contributed by atoms with Gasteiger partial charge < -0.3 is 9.32 Å². The molecular formula is C60H39NO. The zero-order valence-corrected chi connectivity index (χ0v) is 33.9. The number of hydrogen-bond donors (Lipinski definition) is 0. The summed E-state index contributed by atoms with van der Waals surface area (Å²) in [5.41, 5.74) is 14.3. The molecule has 1 aromatic heterocycles. The fraction of sp³-hybridized carbons (Fsp3) is 0. The monoisotopic (exact) mass is 789 g/mol. The second-order valence-electron chi connectivity index (χ2n) is 16.0. The molecule has 0 bridgehead atoms. The van der Waals surface area contributed by atoms with E-state index in [9.17, 15) is 0 Å². The van der Waals surface area contributed by atoms with Crippen LogP contribution in [0.2, 0.25) is 0 Å². The first-order chi connectivity index (χ1) is 30.7. The molecule has 0 aliphatic carbocycles. The summed E-state index contributed by atoms with van der Waals surface area (Å²) in [4.78, 5) is 2.38. The van der Waals surface area contributed by atoms with Gasteiger partial charge in [0.1, 0.15) is 11.2 Å². The Balaban J connectivity index is 0.953. The molecule has 0 unspecified atom stereocenters. The lowest BCUT2D eigenvalue weighted by Crippen LogP contribution is -2.10. The van der Waals surface area contributed by atoms with E-state index in [2.05, 4.69) is 241 Å². The topological polar surface area (TPSA) is 16.4 Å². The number of fused-ring (bicyclic) bond motifs is 9. The second kappa shape index (κ2) is 14.8. The zero-order valence-electron chi connectivity index (χ0n) is 33.9. The number of rotatable bonds is 7. The van der Waals surface area contributed by atoms with Gasteiger partial charge in [-0.1, -0.05) is 194 Å². The van der Waals surface area contributed by atoms with E-state index in [0.717, 1.165) is 72.4 Å². The first kappa shape index (κ1) is 35.7. The predicted octanol–water partition coefficient (Wildman–Crippen LogP) is 17.2. The minimum atomic E-state index is 0.906. The van der Waals surface area contributed by atoms with E-state index in [1.54, 1.807) is 0 Å². The van der Waals surface area contributed by atoms with Gasteiger partial charge in [0.05, 0.1) is 0 Å². The third-order valence-electron chi connectivity index (χ3n) is 12.5. The van der Waals surface area contributed by atoms with Crippen LogP contribution in [0.1, 0.15) is 0 Å². The van der Waals surface area contributed by atoms with Crippen LogP contribution in [0.5, 0.6) is 0 Å². The molecule has 12 aromatic rings. The third-order valence-corrected chi connectivity index (χ3v) is 12.5. The molecule has 290 valence electrons. The summed E-state index contributed by atoms with van der Waals surface area (Å²) in [5, 5.41) is 9.83. The van der Waals surface area contributed by atoms with Crippen molar-refractivity contribution in [1.82, 2.24) is 0 Å². The van der Waals surface area contributed by atoms with Crippen LogP contribution in [0.4, 0.5) is 17.1 Å². The molecule has 2 nitrogen and oxygen atoms in total. The summed E-state index contributed by atoms with van der Waals surface area (Å²) in [6.45, 7) is 0. The summed E-state index contributed by atoms with van der Waals surface area (Å²) in [6.07, 6.45) is 0. The van der Waals surface area contributed by atoms with Crippen molar-refractivity contribution in [2.24, 2.45) is 0 Å². The molecule has 12 rings (SSSR count). The number of furan rings is 1.